The molecule has 3 aliphatic rings. The van der Waals surface area contributed by atoms with Crippen molar-refractivity contribution in [3.05, 3.63) is 58.7 Å². The van der Waals surface area contributed by atoms with Gasteiger partial charge >= 0.3 is 6.03 Å². The number of benzene rings is 2. The molecule has 9 heteroatoms. The van der Waals surface area contributed by atoms with E-state index in [4.69, 9.17) is 9.15 Å². The van der Waals surface area contributed by atoms with Crippen molar-refractivity contribution in [3.63, 3.8) is 0 Å². The van der Waals surface area contributed by atoms with Crippen LogP contribution in [0.5, 0.6) is 5.75 Å². The number of urea groups is 1. The zero-order valence-corrected chi connectivity index (χ0v) is 18.0. The average Bonchev–Trinajstić information content (AvgIpc) is 3.10. The summed E-state index contributed by atoms with van der Waals surface area (Å²) in [6.07, 6.45) is 2.07. The van der Waals surface area contributed by atoms with Gasteiger partial charge in [0.1, 0.15) is 28.7 Å². The molecule has 3 amide bonds. The number of ether oxygens (including phenoxy) is 1. The zero-order chi connectivity index (χ0) is 22.7. The van der Waals surface area contributed by atoms with Gasteiger partial charge in [-0.15, -0.1) is 0 Å². The maximum absolute atomic E-state index is 14.8. The van der Waals surface area contributed by atoms with E-state index in [0.29, 0.717) is 48.7 Å². The maximum atomic E-state index is 14.8. The summed E-state index contributed by atoms with van der Waals surface area (Å²) in [6, 6.07) is 7.47. The highest BCUT2D eigenvalue weighted by Crippen LogP contribution is 2.46. The van der Waals surface area contributed by atoms with E-state index in [2.05, 4.69) is 20.9 Å². The molecule has 0 unspecified atom stereocenters. The van der Waals surface area contributed by atoms with Crippen molar-refractivity contribution < 1.29 is 23.1 Å². The van der Waals surface area contributed by atoms with Crippen LogP contribution in [0.1, 0.15) is 41.3 Å². The second kappa shape index (κ2) is 7.19. The molecule has 3 heterocycles. The number of halogens is 1. The number of carbonyl (C=O) groups is 2. The highest BCUT2D eigenvalue weighted by molar-refractivity contribution is 5.90. The number of nitrogens with one attached hydrogen (secondary N) is 3. The van der Waals surface area contributed by atoms with Gasteiger partial charge in [-0.1, -0.05) is 6.07 Å². The number of fused-ring (bicyclic) bond motifs is 2. The van der Waals surface area contributed by atoms with Gasteiger partial charge in [0.15, 0.2) is 5.58 Å². The quantitative estimate of drug-likeness (QED) is 0.567. The first-order valence-corrected chi connectivity index (χ1v) is 11.1. The summed E-state index contributed by atoms with van der Waals surface area (Å²) < 4.78 is 26.1. The molecule has 6 rings (SSSR count). The van der Waals surface area contributed by atoms with E-state index in [1.165, 1.54) is 6.07 Å². The van der Waals surface area contributed by atoms with Crippen LogP contribution in [0.2, 0.25) is 0 Å². The predicted octanol–water partition coefficient (Wildman–Crippen LogP) is 2.78. The van der Waals surface area contributed by atoms with Crippen LogP contribution in [-0.4, -0.2) is 36.1 Å². The topological polar surface area (TPSA) is 105 Å². The highest BCUT2D eigenvalue weighted by atomic mass is 19.1. The Kier molecular flexibility index (Phi) is 4.36. The van der Waals surface area contributed by atoms with Crippen molar-refractivity contribution in [3.8, 4) is 5.75 Å². The molecule has 2 atom stereocenters. The monoisotopic (exact) mass is 450 g/mol. The summed E-state index contributed by atoms with van der Waals surface area (Å²) in [5.41, 5.74) is 3.08. The van der Waals surface area contributed by atoms with Crippen molar-refractivity contribution in [1.29, 1.82) is 0 Å². The molecule has 1 saturated carbocycles. The van der Waals surface area contributed by atoms with Crippen molar-refractivity contribution >= 4 is 23.0 Å². The molecule has 2 aromatic carbocycles. The lowest BCUT2D eigenvalue weighted by Gasteiger charge is -2.22. The van der Waals surface area contributed by atoms with Crippen molar-refractivity contribution in [2.45, 2.75) is 43.7 Å². The third-order valence-electron chi connectivity index (χ3n) is 6.73. The van der Waals surface area contributed by atoms with Gasteiger partial charge in [0.2, 0.25) is 11.8 Å². The Balaban J connectivity index is 1.21. The van der Waals surface area contributed by atoms with E-state index < -0.39 is 29.3 Å². The number of nitrogens with zero attached hydrogens (tertiary/aromatic N) is 1. The fraction of sp³-hybridized carbons (Fsp3) is 0.375. The summed E-state index contributed by atoms with van der Waals surface area (Å²) in [5, 5.41) is 8.43. The lowest BCUT2D eigenvalue weighted by Crippen LogP contribution is -2.50. The van der Waals surface area contributed by atoms with Crippen LogP contribution in [0.25, 0.3) is 11.1 Å². The third kappa shape index (κ3) is 3.39. The highest BCUT2D eigenvalue weighted by Gasteiger charge is 2.51. The number of oxazole rings is 1. The normalized spacial score (nSPS) is 22.5. The molecular formula is C24H23FN4O4. The van der Waals surface area contributed by atoms with E-state index in [1.54, 1.807) is 6.07 Å². The molecular weight excluding hydrogens is 427 g/mol. The van der Waals surface area contributed by atoms with Crippen LogP contribution in [0.15, 0.2) is 34.7 Å². The van der Waals surface area contributed by atoms with Crippen LogP contribution in [0.3, 0.4) is 0 Å². The van der Waals surface area contributed by atoms with Gasteiger partial charge in [-0.2, -0.15) is 0 Å². The van der Waals surface area contributed by atoms with Crippen LogP contribution < -0.4 is 20.7 Å². The van der Waals surface area contributed by atoms with E-state index in [0.717, 1.165) is 16.6 Å². The van der Waals surface area contributed by atoms with Crippen LogP contribution in [0, 0.1) is 12.7 Å². The summed E-state index contributed by atoms with van der Waals surface area (Å²) >= 11 is 0. The Morgan fingerprint density at radius 2 is 2.12 bits per heavy atom. The minimum absolute atomic E-state index is 0.246. The summed E-state index contributed by atoms with van der Waals surface area (Å²) in [6.45, 7) is 2.73. The molecule has 33 heavy (non-hydrogen) atoms. The number of aryl methyl sites for hydroxylation is 1. The fourth-order valence-electron chi connectivity index (χ4n) is 4.73. The Bertz CT molecular complexity index is 1300. The lowest BCUT2D eigenvalue weighted by atomic mass is 9.91. The molecule has 1 saturated heterocycles. The van der Waals surface area contributed by atoms with Crippen molar-refractivity contribution in [2.24, 2.45) is 0 Å². The van der Waals surface area contributed by atoms with Crippen LogP contribution >= 0.6 is 0 Å². The number of carbonyl (C=O) groups excluding carboxylic acids is 2. The minimum Gasteiger partial charge on any atom is -0.493 e. The number of amides is 3. The molecule has 1 aliphatic carbocycles. The molecule has 0 bridgehead atoms. The Morgan fingerprint density at radius 1 is 1.27 bits per heavy atom. The first-order valence-electron chi connectivity index (χ1n) is 11.1. The van der Waals surface area contributed by atoms with E-state index >= 15 is 0 Å². The fourth-order valence-corrected chi connectivity index (χ4v) is 4.73. The molecule has 8 nitrogen and oxygen atoms in total. The van der Waals surface area contributed by atoms with Gasteiger partial charge in [0.05, 0.1) is 6.61 Å². The Morgan fingerprint density at radius 3 is 2.94 bits per heavy atom. The van der Waals surface area contributed by atoms with Crippen molar-refractivity contribution in [2.75, 3.05) is 13.2 Å². The molecule has 170 valence electrons. The molecule has 3 N–H and O–H groups in total. The van der Waals surface area contributed by atoms with Gasteiger partial charge < -0.3 is 25.1 Å². The largest absolute Gasteiger partial charge is 0.493 e. The number of hydrogen-bond donors (Lipinski definition) is 3. The Labute approximate surface area is 188 Å². The predicted molar refractivity (Wildman–Crippen MR) is 116 cm³/mol. The summed E-state index contributed by atoms with van der Waals surface area (Å²) in [5.74, 6) is -0.301. The summed E-state index contributed by atoms with van der Waals surface area (Å²) in [7, 11) is 0. The van der Waals surface area contributed by atoms with E-state index in [1.807, 2.05) is 25.1 Å². The standard InChI is InChI=1S/C24H23FN4O4/c1-12-2-3-17-19(8-12)33-22(27-17)24(5-6-24)29-23(31)28-20-15(11-26-21(20)30)14-9-13-4-7-32-18(13)10-16(14)25/h2-3,8-10,15,20H,4-7,11H2,1H3,(H,26,30)(H2,28,29,31)/t15-,20-/m0/s1. The first kappa shape index (κ1) is 20.0. The molecule has 3 aromatic rings. The van der Waals surface area contributed by atoms with Gasteiger partial charge in [0.25, 0.3) is 0 Å². The molecule has 2 fully saturated rings. The van der Waals surface area contributed by atoms with Crippen LogP contribution in [0.4, 0.5) is 9.18 Å². The third-order valence-corrected chi connectivity index (χ3v) is 6.73. The average molecular weight is 450 g/mol. The maximum Gasteiger partial charge on any atom is 0.316 e. The van der Waals surface area contributed by atoms with E-state index in [-0.39, 0.29) is 12.5 Å². The first-order chi connectivity index (χ1) is 15.9. The molecule has 2 aliphatic heterocycles. The lowest BCUT2D eigenvalue weighted by molar-refractivity contribution is -0.120. The van der Waals surface area contributed by atoms with Gasteiger partial charge in [0, 0.05) is 24.9 Å². The SMILES string of the molecule is Cc1ccc2nc(C3(NC(=O)N[C@@H]4C(=O)NC[C@H]4c4cc5c(cc4F)OCC5)CC3)oc2c1. The number of aromatic nitrogens is 1. The second-order valence-corrected chi connectivity index (χ2v) is 9.08. The number of rotatable bonds is 4. The smallest absolute Gasteiger partial charge is 0.316 e. The van der Waals surface area contributed by atoms with E-state index in [9.17, 15) is 14.0 Å². The second-order valence-electron chi connectivity index (χ2n) is 9.08. The molecule has 0 radical (unpaired) electrons. The van der Waals surface area contributed by atoms with Gasteiger partial charge in [-0.05, 0) is 54.7 Å². The summed E-state index contributed by atoms with van der Waals surface area (Å²) in [4.78, 5) is 30.0. The molecule has 0 spiro atoms. The number of hydrogen-bond acceptors (Lipinski definition) is 5. The zero-order valence-electron chi connectivity index (χ0n) is 18.0. The Hall–Kier alpha value is -3.62. The minimum atomic E-state index is -0.887. The molecule has 1 aromatic heterocycles. The van der Waals surface area contributed by atoms with Gasteiger partial charge in [-0.3, -0.25) is 4.79 Å². The van der Waals surface area contributed by atoms with Crippen molar-refractivity contribution in [1.82, 2.24) is 20.9 Å². The van der Waals surface area contributed by atoms with Crippen LogP contribution in [-0.2, 0) is 16.8 Å². The van der Waals surface area contributed by atoms with Gasteiger partial charge in [-0.25, -0.2) is 14.2 Å².